The highest BCUT2D eigenvalue weighted by Crippen LogP contribution is 2.28. The summed E-state index contributed by atoms with van der Waals surface area (Å²) in [5.74, 6) is 0.838. The Morgan fingerprint density at radius 2 is 1.95 bits per heavy atom. The van der Waals surface area contributed by atoms with Crippen LogP contribution in [0.4, 0.5) is 5.69 Å². The Morgan fingerprint density at radius 3 is 2.47 bits per heavy atom. The number of hydrogen-bond acceptors (Lipinski definition) is 3. The summed E-state index contributed by atoms with van der Waals surface area (Å²) in [5, 5.41) is 4.07. The van der Waals surface area contributed by atoms with E-state index in [0.29, 0.717) is 12.4 Å². The lowest BCUT2D eigenvalue weighted by Crippen LogP contribution is -2.15. The third kappa shape index (κ3) is 3.28. The normalized spacial score (nSPS) is 11.5. The number of benzene rings is 1. The van der Waals surface area contributed by atoms with Gasteiger partial charge in [0.2, 0.25) is 0 Å². The molecular weight excluding hydrogens is 238 g/mol. The van der Waals surface area contributed by atoms with Crippen LogP contribution in [0, 0.1) is 0 Å². The summed E-state index contributed by atoms with van der Waals surface area (Å²) >= 11 is 0. The van der Waals surface area contributed by atoms with E-state index in [1.165, 1.54) is 5.56 Å². The molecule has 1 aromatic carbocycles. The maximum absolute atomic E-state index is 5.65. The second-order valence-electron chi connectivity index (χ2n) is 5.35. The van der Waals surface area contributed by atoms with Crippen molar-refractivity contribution in [3.05, 3.63) is 42.2 Å². The van der Waals surface area contributed by atoms with E-state index < -0.39 is 0 Å². The zero-order chi connectivity index (χ0) is 13.9. The first kappa shape index (κ1) is 13.5. The second kappa shape index (κ2) is 5.34. The zero-order valence-electron chi connectivity index (χ0n) is 11.8. The minimum absolute atomic E-state index is 0.203. The third-order valence-corrected chi connectivity index (χ3v) is 3.54. The Morgan fingerprint density at radius 1 is 1.26 bits per heavy atom. The van der Waals surface area contributed by atoms with Crippen molar-refractivity contribution in [2.24, 2.45) is 0 Å². The topological polar surface area (TPSA) is 53.1 Å². The molecule has 0 aliphatic carbocycles. The second-order valence-corrected chi connectivity index (χ2v) is 5.35. The fourth-order valence-corrected chi connectivity index (χ4v) is 1.80. The molecule has 0 saturated carbocycles. The van der Waals surface area contributed by atoms with Crippen LogP contribution < -0.4 is 10.5 Å². The Labute approximate surface area is 114 Å². The van der Waals surface area contributed by atoms with Crippen LogP contribution in [-0.2, 0) is 12.1 Å². The highest BCUT2D eigenvalue weighted by Gasteiger charge is 2.17. The zero-order valence-corrected chi connectivity index (χ0v) is 11.8. The number of nitrogens with zero attached hydrogens (tertiary/aromatic N) is 2. The van der Waals surface area contributed by atoms with Gasteiger partial charge in [-0.25, -0.2) is 4.68 Å². The summed E-state index contributed by atoms with van der Waals surface area (Å²) in [5.41, 5.74) is 7.76. The third-order valence-electron chi connectivity index (χ3n) is 3.54. The van der Waals surface area contributed by atoms with Crippen LogP contribution in [-0.4, -0.2) is 9.78 Å². The molecule has 0 spiro atoms. The first-order valence-corrected chi connectivity index (χ1v) is 6.52. The van der Waals surface area contributed by atoms with Crippen molar-refractivity contribution in [2.75, 3.05) is 5.73 Å². The van der Waals surface area contributed by atoms with Crippen LogP contribution in [0.1, 0.15) is 32.8 Å². The van der Waals surface area contributed by atoms with E-state index in [1.54, 1.807) is 17.1 Å². The molecule has 0 bridgehead atoms. The number of nitrogens with two attached hydrogens (primary N) is 1. The van der Waals surface area contributed by atoms with Gasteiger partial charge in [0.15, 0.2) is 6.73 Å². The van der Waals surface area contributed by atoms with Crippen molar-refractivity contribution < 1.29 is 4.74 Å². The summed E-state index contributed by atoms with van der Waals surface area (Å²) in [6.07, 6.45) is 4.46. The molecule has 4 nitrogen and oxygen atoms in total. The van der Waals surface area contributed by atoms with Crippen LogP contribution in [0.15, 0.2) is 36.7 Å². The molecule has 4 heteroatoms. The van der Waals surface area contributed by atoms with E-state index in [4.69, 9.17) is 10.5 Å². The molecule has 2 rings (SSSR count). The monoisotopic (exact) mass is 259 g/mol. The predicted octanol–water partition coefficient (Wildman–Crippen LogP) is 3.19. The minimum atomic E-state index is 0.203. The molecule has 0 atom stereocenters. The highest BCUT2D eigenvalue weighted by molar-refractivity contribution is 5.32. The molecule has 1 heterocycles. The average molecular weight is 259 g/mol. The van der Waals surface area contributed by atoms with Gasteiger partial charge in [-0.3, -0.25) is 0 Å². The highest BCUT2D eigenvalue weighted by atomic mass is 16.5. The van der Waals surface area contributed by atoms with Crippen LogP contribution in [0.2, 0.25) is 0 Å². The average Bonchev–Trinajstić information content (AvgIpc) is 2.83. The Bertz CT molecular complexity index is 529. The standard InChI is InChI=1S/C15H21N3O/c1-4-15(2,3)12-5-7-14(8-6-12)19-11-18-10-13(16)9-17-18/h5-10H,4,11,16H2,1-3H3. The predicted molar refractivity (Wildman–Crippen MR) is 77.0 cm³/mol. The molecule has 102 valence electrons. The van der Waals surface area contributed by atoms with Crippen molar-refractivity contribution >= 4 is 5.69 Å². The molecule has 19 heavy (non-hydrogen) atoms. The first-order valence-electron chi connectivity index (χ1n) is 6.52. The van der Waals surface area contributed by atoms with Gasteiger partial charge in [0.25, 0.3) is 0 Å². The van der Waals surface area contributed by atoms with E-state index in [9.17, 15) is 0 Å². The maximum Gasteiger partial charge on any atom is 0.180 e. The quantitative estimate of drug-likeness (QED) is 0.897. The summed E-state index contributed by atoms with van der Waals surface area (Å²) in [6, 6.07) is 8.24. The lowest BCUT2D eigenvalue weighted by Gasteiger charge is -2.23. The number of hydrogen-bond donors (Lipinski definition) is 1. The molecule has 0 amide bonds. The van der Waals surface area contributed by atoms with Crippen LogP contribution in [0.3, 0.4) is 0 Å². The lowest BCUT2D eigenvalue weighted by atomic mass is 9.82. The van der Waals surface area contributed by atoms with Crippen molar-refractivity contribution in [3.8, 4) is 5.75 Å². The van der Waals surface area contributed by atoms with Gasteiger partial charge in [0, 0.05) is 0 Å². The van der Waals surface area contributed by atoms with E-state index in [1.807, 2.05) is 12.1 Å². The smallest absolute Gasteiger partial charge is 0.180 e. The number of anilines is 1. The number of nitrogen functional groups attached to an aromatic ring is 1. The lowest BCUT2D eigenvalue weighted by molar-refractivity contribution is 0.221. The molecule has 0 aliphatic rings. The Balaban J connectivity index is 1.99. The van der Waals surface area contributed by atoms with Gasteiger partial charge in [-0.05, 0) is 29.5 Å². The fraction of sp³-hybridized carbons (Fsp3) is 0.400. The summed E-state index contributed by atoms with van der Waals surface area (Å²) in [7, 11) is 0. The number of rotatable bonds is 5. The van der Waals surface area contributed by atoms with Crippen molar-refractivity contribution in [3.63, 3.8) is 0 Å². The van der Waals surface area contributed by atoms with Gasteiger partial charge in [-0.1, -0.05) is 32.9 Å². The molecule has 0 aliphatic heterocycles. The molecule has 1 aromatic heterocycles. The molecule has 0 saturated heterocycles. The van der Waals surface area contributed by atoms with Gasteiger partial charge in [0.05, 0.1) is 18.1 Å². The summed E-state index contributed by atoms with van der Waals surface area (Å²) in [4.78, 5) is 0. The maximum atomic E-state index is 5.65. The fourth-order valence-electron chi connectivity index (χ4n) is 1.80. The van der Waals surface area contributed by atoms with E-state index >= 15 is 0 Å². The SMILES string of the molecule is CCC(C)(C)c1ccc(OCn2cc(N)cn2)cc1. The van der Waals surface area contributed by atoms with Gasteiger partial charge in [-0.15, -0.1) is 0 Å². The minimum Gasteiger partial charge on any atom is -0.471 e. The van der Waals surface area contributed by atoms with Crippen LogP contribution >= 0.6 is 0 Å². The van der Waals surface area contributed by atoms with E-state index in [-0.39, 0.29) is 5.41 Å². The van der Waals surface area contributed by atoms with Crippen LogP contribution in [0.25, 0.3) is 0 Å². The summed E-state index contributed by atoms with van der Waals surface area (Å²) in [6.45, 7) is 7.06. The molecular formula is C15H21N3O. The Kier molecular flexibility index (Phi) is 3.79. The van der Waals surface area contributed by atoms with Crippen molar-refractivity contribution in [1.29, 1.82) is 0 Å². The van der Waals surface area contributed by atoms with Crippen molar-refractivity contribution in [1.82, 2.24) is 9.78 Å². The van der Waals surface area contributed by atoms with Gasteiger partial charge in [0.1, 0.15) is 5.75 Å². The van der Waals surface area contributed by atoms with Crippen molar-refractivity contribution in [2.45, 2.75) is 39.3 Å². The first-order chi connectivity index (χ1) is 9.01. The van der Waals surface area contributed by atoms with E-state index in [0.717, 1.165) is 12.2 Å². The van der Waals surface area contributed by atoms with Gasteiger partial charge >= 0.3 is 0 Å². The summed E-state index contributed by atoms with van der Waals surface area (Å²) < 4.78 is 7.32. The molecule has 2 aromatic rings. The molecule has 0 fully saturated rings. The van der Waals surface area contributed by atoms with E-state index in [2.05, 4.69) is 38.0 Å². The molecule has 0 radical (unpaired) electrons. The molecule has 0 unspecified atom stereocenters. The largest absolute Gasteiger partial charge is 0.471 e. The van der Waals surface area contributed by atoms with Crippen LogP contribution in [0.5, 0.6) is 5.75 Å². The Hall–Kier alpha value is -1.97. The number of aromatic nitrogens is 2. The number of ether oxygens (including phenoxy) is 1. The van der Waals surface area contributed by atoms with Gasteiger partial charge < -0.3 is 10.5 Å². The van der Waals surface area contributed by atoms with Gasteiger partial charge in [-0.2, -0.15) is 5.10 Å². The molecule has 2 N–H and O–H groups in total.